The lowest BCUT2D eigenvalue weighted by molar-refractivity contribution is -0.139. The predicted octanol–water partition coefficient (Wildman–Crippen LogP) is 2.60. The van der Waals surface area contributed by atoms with E-state index in [2.05, 4.69) is 20.7 Å². The Kier molecular flexibility index (Phi) is 6.67. The summed E-state index contributed by atoms with van der Waals surface area (Å²) in [7, 11) is 0. The number of carbonyl (C=O) groups excluding carboxylic acids is 3. The van der Waals surface area contributed by atoms with Gasteiger partial charge in [0.25, 0.3) is 0 Å². The molecule has 0 bridgehead atoms. The molecule has 1 unspecified atom stereocenters. The summed E-state index contributed by atoms with van der Waals surface area (Å²) in [5.41, 5.74) is 1.79. The van der Waals surface area contributed by atoms with E-state index in [1.165, 1.54) is 10.9 Å². The minimum absolute atomic E-state index is 0.150. The van der Waals surface area contributed by atoms with E-state index in [0.717, 1.165) is 0 Å². The normalized spacial score (nSPS) is 15.4. The zero-order valence-corrected chi connectivity index (χ0v) is 18.6. The molecule has 4 rings (SSSR count). The first-order valence-corrected chi connectivity index (χ1v) is 10.6. The number of pyridine rings is 1. The third kappa shape index (κ3) is 4.65. The van der Waals surface area contributed by atoms with Crippen LogP contribution in [-0.2, 0) is 14.3 Å². The molecule has 1 atom stereocenters. The van der Waals surface area contributed by atoms with Gasteiger partial charge in [-0.1, -0.05) is 36.4 Å². The number of aromatic nitrogens is 3. The Morgan fingerprint density at radius 1 is 1.06 bits per heavy atom. The van der Waals surface area contributed by atoms with Crippen LogP contribution in [0.25, 0.3) is 5.82 Å². The highest BCUT2D eigenvalue weighted by molar-refractivity contribution is 5.95. The van der Waals surface area contributed by atoms with Crippen molar-refractivity contribution in [3.05, 3.63) is 89.0 Å². The van der Waals surface area contributed by atoms with Gasteiger partial charge in [0.1, 0.15) is 12.2 Å². The zero-order chi connectivity index (χ0) is 24.1. The van der Waals surface area contributed by atoms with Crippen LogP contribution in [-0.4, -0.2) is 45.9 Å². The Morgan fingerprint density at radius 2 is 1.82 bits per heavy atom. The lowest BCUT2D eigenvalue weighted by atomic mass is 9.95. The Hall–Kier alpha value is -4.47. The van der Waals surface area contributed by atoms with Crippen LogP contribution < -0.4 is 10.6 Å². The van der Waals surface area contributed by atoms with Gasteiger partial charge >= 0.3 is 18.0 Å². The quantitative estimate of drug-likeness (QED) is 0.518. The van der Waals surface area contributed by atoms with Gasteiger partial charge in [-0.2, -0.15) is 5.10 Å². The first-order chi connectivity index (χ1) is 16.5. The number of hydrogen-bond acceptors (Lipinski definition) is 7. The van der Waals surface area contributed by atoms with Crippen LogP contribution in [0.3, 0.4) is 0 Å². The summed E-state index contributed by atoms with van der Waals surface area (Å²) in [5.74, 6) is -0.712. The van der Waals surface area contributed by atoms with E-state index in [1.807, 2.05) is 12.1 Å². The van der Waals surface area contributed by atoms with Gasteiger partial charge in [0.2, 0.25) is 0 Å². The van der Waals surface area contributed by atoms with Gasteiger partial charge in [0, 0.05) is 6.20 Å². The Labute approximate surface area is 195 Å². The maximum Gasteiger partial charge on any atom is 0.342 e. The van der Waals surface area contributed by atoms with E-state index in [4.69, 9.17) is 9.47 Å². The molecule has 0 saturated heterocycles. The minimum Gasteiger partial charge on any atom is -0.463 e. The molecule has 1 aliphatic heterocycles. The molecule has 1 aliphatic rings. The Bertz CT molecular complexity index is 1240. The first kappa shape index (κ1) is 22.7. The first-order valence-electron chi connectivity index (χ1n) is 10.6. The number of esters is 2. The van der Waals surface area contributed by atoms with Crippen molar-refractivity contribution in [2.24, 2.45) is 0 Å². The highest BCUT2D eigenvalue weighted by atomic mass is 16.5. The van der Waals surface area contributed by atoms with E-state index >= 15 is 0 Å². The molecule has 2 aromatic heterocycles. The second-order valence-corrected chi connectivity index (χ2v) is 7.37. The number of amides is 2. The number of rotatable bonds is 7. The van der Waals surface area contributed by atoms with Crippen molar-refractivity contribution in [2.45, 2.75) is 19.9 Å². The fourth-order valence-electron chi connectivity index (χ4n) is 3.61. The average molecular weight is 461 g/mol. The third-order valence-corrected chi connectivity index (χ3v) is 5.23. The molecule has 2 amide bonds. The average Bonchev–Trinajstić information content (AvgIpc) is 3.24. The molecular weight excluding hydrogens is 438 g/mol. The van der Waals surface area contributed by atoms with Crippen molar-refractivity contribution in [3.8, 4) is 5.82 Å². The largest absolute Gasteiger partial charge is 0.463 e. The number of benzene rings is 1. The summed E-state index contributed by atoms with van der Waals surface area (Å²) >= 11 is 0. The summed E-state index contributed by atoms with van der Waals surface area (Å²) in [4.78, 5) is 42.2. The molecule has 0 fully saturated rings. The Morgan fingerprint density at radius 3 is 2.53 bits per heavy atom. The molecule has 0 radical (unpaired) electrons. The summed E-state index contributed by atoms with van der Waals surface area (Å²) in [6.07, 6.45) is 3.02. The number of ether oxygens (including phenoxy) is 2. The Balaban J connectivity index is 1.60. The van der Waals surface area contributed by atoms with Crippen LogP contribution in [0, 0.1) is 6.92 Å². The standard InChI is InChI=1S/C24H23N5O5/c1-3-33-23(31)20-18(27-24(32)28-21(20)16-9-5-4-6-10-16)14-34-22(30)17-13-26-29(15(17)2)19-11-7-8-12-25-19/h4-13,21H,3,14H2,1-2H3,(H2,27,28,32). The van der Waals surface area contributed by atoms with Crippen molar-refractivity contribution in [2.75, 3.05) is 13.2 Å². The van der Waals surface area contributed by atoms with Crippen molar-refractivity contribution in [1.29, 1.82) is 0 Å². The van der Waals surface area contributed by atoms with Crippen LogP contribution in [0.4, 0.5) is 4.79 Å². The van der Waals surface area contributed by atoms with E-state index in [0.29, 0.717) is 17.1 Å². The highest BCUT2D eigenvalue weighted by Gasteiger charge is 2.34. The molecule has 2 N–H and O–H groups in total. The number of nitrogens with one attached hydrogen (secondary N) is 2. The smallest absolute Gasteiger partial charge is 0.342 e. The second kappa shape index (κ2) is 9.99. The van der Waals surface area contributed by atoms with Gasteiger partial charge in [0.15, 0.2) is 5.82 Å². The third-order valence-electron chi connectivity index (χ3n) is 5.23. The highest BCUT2D eigenvalue weighted by Crippen LogP contribution is 2.28. The molecule has 10 nitrogen and oxygen atoms in total. The van der Waals surface area contributed by atoms with Gasteiger partial charge in [-0.05, 0) is 31.5 Å². The monoisotopic (exact) mass is 461 g/mol. The molecular formula is C24H23N5O5. The van der Waals surface area contributed by atoms with Gasteiger partial charge < -0.3 is 20.1 Å². The molecule has 1 aromatic carbocycles. The summed E-state index contributed by atoms with van der Waals surface area (Å²) < 4.78 is 12.2. The number of carbonyl (C=O) groups is 3. The van der Waals surface area contributed by atoms with Crippen LogP contribution in [0.2, 0.25) is 0 Å². The van der Waals surface area contributed by atoms with E-state index in [-0.39, 0.29) is 30.0 Å². The topological polar surface area (TPSA) is 124 Å². The maximum atomic E-state index is 12.8. The SMILES string of the molecule is CCOC(=O)C1=C(COC(=O)c2cnn(-c3ccccn3)c2C)NC(=O)NC1c1ccccc1. The molecule has 10 heteroatoms. The fraction of sp³-hybridized carbons (Fsp3) is 0.208. The lowest BCUT2D eigenvalue weighted by Gasteiger charge is -2.29. The van der Waals surface area contributed by atoms with Crippen molar-refractivity contribution in [1.82, 2.24) is 25.4 Å². The van der Waals surface area contributed by atoms with Crippen LogP contribution >= 0.6 is 0 Å². The molecule has 174 valence electrons. The second-order valence-electron chi connectivity index (χ2n) is 7.37. The van der Waals surface area contributed by atoms with E-state index in [9.17, 15) is 14.4 Å². The summed E-state index contributed by atoms with van der Waals surface area (Å²) in [6, 6.07) is 13.1. The van der Waals surface area contributed by atoms with Crippen molar-refractivity contribution >= 4 is 18.0 Å². The molecule has 3 aromatic rings. The predicted molar refractivity (Wildman–Crippen MR) is 121 cm³/mol. The minimum atomic E-state index is -0.753. The van der Waals surface area contributed by atoms with Gasteiger partial charge in [-0.15, -0.1) is 0 Å². The summed E-state index contributed by atoms with van der Waals surface area (Å²) in [6.45, 7) is 3.22. The van der Waals surface area contributed by atoms with E-state index in [1.54, 1.807) is 56.4 Å². The molecule has 34 heavy (non-hydrogen) atoms. The van der Waals surface area contributed by atoms with Crippen molar-refractivity contribution < 1.29 is 23.9 Å². The molecule has 0 aliphatic carbocycles. The van der Waals surface area contributed by atoms with Gasteiger partial charge in [-0.3, -0.25) is 0 Å². The lowest BCUT2D eigenvalue weighted by Crippen LogP contribution is -2.47. The zero-order valence-electron chi connectivity index (χ0n) is 18.6. The molecule has 3 heterocycles. The number of urea groups is 1. The van der Waals surface area contributed by atoms with Gasteiger partial charge in [0.05, 0.1) is 35.8 Å². The van der Waals surface area contributed by atoms with Crippen LogP contribution in [0.15, 0.2) is 72.2 Å². The number of nitrogens with zero attached hydrogens (tertiary/aromatic N) is 3. The van der Waals surface area contributed by atoms with Crippen LogP contribution in [0.5, 0.6) is 0 Å². The van der Waals surface area contributed by atoms with Crippen LogP contribution in [0.1, 0.15) is 34.6 Å². The molecule has 0 saturated carbocycles. The van der Waals surface area contributed by atoms with Gasteiger partial charge in [-0.25, -0.2) is 24.0 Å². The van der Waals surface area contributed by atoms with Crippen molar-refractivity contribution in [3.63, 3.8) is 0 Å². The summed E-state index contributed by atoms with van der Waals surface area (Å²) in [5, 5.41) is 9.53. The number of hydrogen-bond donors (Lipinski definition) is 2. The fourth-order valence-corrected chi connectivity index (χ4v) is 3.61. The maximum absolute atomic E-state index is 12.8. The molecule has 0 spiro atoms. The van der Waals surface area contributed by atoms with E-state index < -0.39 is 24.0 Å².